The largest absolute Gasteiger partial charge is 0.494 e. The Morgan fingerprint density at radius 1 is 1.06 bits per heavy atom. The molecule has 0 unspecified atom stereocenters. The molecule has 2 aromatic heterocycles. The van der Waals surface area contributed by atoms with Crippen LogP contribution in [0.2, 0.25) is 5.02 Å². The standard InChI is InChI=1S/C27H27ClN4O2/c28-24-6-2-4-21-18-32(27(34)25(21)24)23-5-1-3-20(17-23)26(33)30-14-7-19-10-15-31(16-11-19)22-8-12-29-13-9-22/h1-6,8-9,12-13,17-19,34H,7,10-11,14-16H2,(H,30,33). The van der Waals surface area contributed by atoms with Crippen LogP contribution in [0.3, 0.4) is 0 Å². The monoisotopic (exact) mass is 474 g/mol. The highest BCUT2D eigenvalue weighted by molar-refractivity contribution is 6.36. The minimum Gasteiger partial charge on any atom is -0.494 e. The zero-order valence-electron chi connectivity index (χ0n) is 18.8. The third-order valence-electron chi connectivity index (χ3n) is 6.63. The third kappa shape index (κ3) is 4.59. The molecule has 5 rings (SSSR count). The van der Waals surface area contributed by atoms with Crippen molar-refractivity contribution in [2.75, 3.05) is 24.5 Å². The Hall–Kier alpha value is -3.51. The number of hydrogen-bond donors (Lipinski definition) is 2. The van der Waals surface area contributed by atoms with Crippen LogP contribution in [0, 0.1) is 5.92 Å². The number of anilines is 1. The number of amides is 1. The molecule has 174 valence electrons. The van der Waals surface area contributed by atoms with Crippen LogP contribution in [0.15, 0.2) is 73.2 Å². The van der Waals surface area contributed by atoms with Crippen LogP contribution in [-0.4, -0.2) is 40.2 Å². The van der Waals surface area contributed by atoms with E-state index in [-0.39, 0.29) is 11.8 Å². The summed E-state index contributed by atoms with van der Waals surface area (Å²) in [6.45, 7) is 2.71. The number of nitrogens with one attached hydrogen (secondary N) is 1. The molecule has 1 aliphatic heterocycles. The number of aromatic hydroxyl groups is 1. The SMILES string of the molecule is O=C(NCCC1CCN(c2ccncc2)CC1)c1cccc(-n2cc3cccc(Cl)c3c2O)c1. The summed E-state index contributed by atoms with van der Waals surface area (Å²) >= 11 is 6.26. The van der Waals surface area contributed by atoms with E-state index in [4.69, 9.17) is 11.6 Å². The number of benzene rings is 2. The van der Waals surface area contributed by atoms with Gasteiger partial charge in [-0.1, -0.05) is 29.8 Å². The molecule has 0 saturated carbocycles. The van der Waals surface area contributed by atoms with Crippen molar-refractivity contribution in [2.45, 2.75) is 19.3 Å². The van der Waals surface area contributed by atoms with Gasteiger partial charge in [0.05, 0.1) is 10.4 Å². The molecule has 0 bridgehead atoms. The second-order valence-electron chi connectivity index (χ2n) is 8.76. The number of nitrogens with zero attached hydrogens (tertiary/aromatic N) is 3. The number of carbonyl (C=O) groups is 1. The molecule has 1 aliphatic rings. The quantitative estimate of drug-likeness (QED) is 0.391. The van der Waals surface area contributed by atoms with Gasteiger partial charge in [-0.15, -0.1) is 0 Å². The summed E-state index contributed by atoms with van der Waals surface area (Å²) in [5.74, 6) is 0.570. The Morgan fingerprint density at radius 3 is 2.59 bits per heavy atom. The Morgan fingerprint density at radius 2 is 1.82 bits per heavy atom. The van der Waals surface area contributed by atoms with E-state index < -0.39 is 0 Å². The van der Waals surface area contributed by atoms with Crippen LogP contribution in [0.5, 0.6) is 5.88 Å². The van der Waals surface area contributed by atoms with Crippen LogP contribution in [0.1, 0.15) is 29.6 Å². The molecular formula is C27H27ClN4O2. The van der Waals surface area contributed by atoms with Crippen molar-refractivity contribution >= 4 is 34.0 Å². The maximum absolute atomic E-state index is 12.8. The molecule has 34 heavy (non-hydrogen) atoms. The molecule has 1 fully saturated rings. The topological polar surface area (TPSA) is 70.4 Å². The van der Waals surface area contributed by atoms with Gasteiger partial charge in [0.25, 0.3) is 5.91 Å². The fourth-order valence-corrected chi connectivity index (χ4v) is 4.99. The van der Waals surface area contributed by atoms with Gasteiger partial charge in [-0.3, -0.25) is 14.3 Å². The van der Waals surface area contributed by atoms with Gasteiger partial charge in [0.1, 0.15) is 0 Å². The Labute approximate surface area is 203 Å². The highest BCUT2D eigenvalue weighted by atomic mass is 35.5. The van der Waals surface area contributed by atoms with Crippen molar-refractivity contribution in [3.05, 3.63) is 83.8 Å². The van der Waals surface area contributed by atoms with E-state index in [1.54, 1.807) is 22.8 Å². The van der Waals surface area contributed by atoms with Crippen molar-refractivity contribution < 1.29 is 9.90 Å². The maximum atomic E-state index is 12.8. The molecule has 6 nitrogen and oxygen atoms in total. The van der Waals surface area contributed by atoms with Crippen LogP contribution in [0.25, 0.3) is 16.5 Å². The molecule has 0 aliphatic carbocycles. The number of fused-ring (bicyclic) bond motifs is 1. The van der Waals surface area contributed by atoms with Gasteiger partial charge in [-0.2, -0.15) is 0 Å². The summed E-state index contributed by atoms with van der Waals surface area (Å²) in [6, 6.07) is 16.9. The van der Waals surface area contributed by atoms with Crippen LogP contribution >= 0.6 is 11.6 Å². The van der Waals surface area contributed by atoms with Gasteiger partial charge in [-0.05, 0) is 61.6 Å². The molecule has 0 spiro atoms. The molecule has 2 aromatic carbocycles. The van der Waals surface area contributed by atoms with Gasteiger partial charge >= 0.3 is 0 Å². The lowest BCUT2D eigenvalue weighted by molar-refractivity contribution is 0.0950. The molecule has 0 radical (unpaired) electrons. The van der Waals surface area contributed by atoms with E-state index >= 15 is 0 Å². The highest BCUT2D eigenvalue weighted by Crippen LogP contribution is 2.35. The van der Waals surface area contributed by atoms with Crippen molar-refractivity contribution in [3.8, 4) is 11.6 Å². The summed E-state index contributed by atoms with van der Waals surface area (Å²) in [5.41, 5.74) is 2.50. The first-order valence-electron chi connectivity index (χ1n) is 11.6. The fraction of sp³-hybridized carbons (Fsp3) is 0.259. The van der Waals surface area contributed by atoms with Crippen LogP contribution in [-0.2, 0) is 0 Å². The fourth-order valence-electron chi connectivity index (χ4n) is 4.73. The number of rotatable bonds is 6. The predicted molar refractivity (Wildman–Crippen MR) is 136 cm³/mol. The van der Waals surface area contributed by atoms with E-state index in [9.17, 15) is 9.90 Å². The minimum atomic E-state index is -0.106. The van der Waals surface area contributed by atoms with Gasteiger partial charge in [0, 0.05) is 60.5 Å². The van der Waals surface area contributed by atoms with Crippen molar-refractivity contribution in [1.82, 2.24) is 14.9 Å². The minimum absolute atomic E-state index is 0.0660. The van der Waals surface area contributed by atoms with E-state index in [1.807, 2.05) is 42.9 Å². The second kappa shape index (κ2) is 9.77. The van der Waals surface area contributed by atoms with Gasteiger partial charge in [0.2, 0.25) is 5.88 Å². The molecule has 0 atom stereocenters. The Bertz CT molecular complexity index is 1300. The summed E-state index contributed by atoms with van der Waals surface area (Å²) in [6.07, 6.45) is 8.71. The predicted octanol–water partition coefficient (Wildman–Crippen LogP) is 5.42. The maximum Gasteiger partial charge on any atom is 0.251 e. The average molecular weight is 475 g/mol. The lowest BCUT2D eigenvalue weighted by Crippen LogP contribution is -2.35. The van der Waals surface area contributed by atoms with Crippen LogP contribution in [0.4, 0.5) is 5.69 Å². The average Bonchev–Trinajstić information content (AvgIpc) is 3.22. The molecule has 4 aromatic rings. The first-order chi connectivity index (χ1) is 16.6. The summed E-state index contributed by atoms with van der Waals surface area (Å²) in [7, 11) is 0. The lowest BCUT2D eigenvalue weighted by Gasteiger charge is -2.33. The van der Waals surface area contributed by atoms with Crippen molar-refractivity contribution in [3.63, 3.8) is 0 Å². The summed E-state index contributed by atoms with van der Waals surface area (Å²) < 4.78 is 1.66. The lowest BCUT2D eigenvalue weighted by atomic mass is 9.93. The Kier molecular flexibility index (Phi) is 6.41. The Balaban J connectivity index is 1.18. The second-order valence-corrected chi connectivity index (χ2v) is 9.16. The number of aromatic nitrogens is 2. The van der Waals surface area contributed by atoms with Gasteiger partial charge < -0.3 is 15.3 Å². The number of carbonyl (C=O) groups excluding carboxylic acids is 1. The van der Waals surface area contributed by atoms with E-state index in [1.165, 1.54) is 5.69 Å². The molecule has 2 N–H and O–H groups in total. The van der Waals surface area contributed by atoms with Crippen molar-refractivity contribution in [2.24, 2.45) is 5.92 Å². The highest BCUT2D eigenvalue weighted by Gasteiger charge is 2.20. The molecule has 1 amide bonds. The number of pyridine rings is 1. The first-order valence-corrected chi connectivity index (χ1v) is 12.0. The zero-order chi connectivity index (χ0) is 23.5. The molecule has 3 heterocycles. The number of halogens is 1. The number of hydrogen-bond acceptors (Lipinski definition) is 4. The summed E-state index contributed by atoms with van der Waals surface area (Å²) in [5, 5.41) is 15.7. The first kappa shape index (κ1) is 22.3. The summed E-state index contributed by atoms with van der Waals surface area (Å²) in [4.78, 5) is 19.3. The van der Waals surface area contributed by atoms with Crippen LogP contribution < -0.4 is 10.2 Å². The third-order valence-corrected chi connectivity index (χ3v) is 6.95. The van der Waals surface area contributed by atoms with Crippen molar-refractivity contribution in [1.29, 1.82) is 0 Å². The van der Waals surface area contributed by atoms with Gasteiger partial charge in [0.15, 0.2) is 0 Å². The van der Waals surface area contributed by atoms with E-state index in [0.717, 1.165) is 37.7 Å². The van der Waals surface area contributed by atoms with E-state index in [0.29, 0.717) is 34.1 Å². The molecular weight excluding hydrogens is 448 g/mol. The number of piperidine rings is 1. The molecule has 1 saturated heterocycles. The molecule has 7 heteroatoms. The zero-order valence-corrected chi connectivity index (χ0v) is 19.6. The van der Waals surface area contributed by atoms with E-state index in [2.05, 4.69) is 27.3 Å². The van der Waals surface area contributed by atoms with Gasteiger partial charge in [-0.25, -0.2) is 0 Å². The smallest absolute Gasteiger partial charge is 0.251 e. The normalized spacial score (nSPS) is 14.4.